The molecule has 3 unspecified atom stereocenters. The molecule has 0 aliphatic carbocycles. The molecule has 3 N–H and O–H groups in total. The molecule has 0 spiro atoms. The Morgan fingerprint density at radius 1 is 0.976 bits per heavy atom. The summed E-state index contributed by atoms with van der Waals surface area (Å²) in [6.07, 6.45) is 26.5. The van der Waals surface area contributed by atoms with Gasteiger partial charge in [0.15, 0.2) is 6.10 Å². The number of halogens is 2. The van der Waals surface area contributed by atoms with E-state index in [2.05, 4.69) is 71.9 Å². The molecule has 0 bridgehead atoms. The van der Waals surface area contributed by atoms with Gasteiger partial charge in [-0.2, -0.15) is 13.8 Å². The monoisotopic (exact) mass is 573 g/mol. The zero-order chi connectivity index (χ0) is 29.9. The van der Waals surface area contributed by atoms with Gasteiger partial charge < -0.3 is 20.3 Å². The van der Waals surface area contributed by atoms with E-state index in [1.165, 1.54) is 6.07 Å². The smallest absolute Gasteiger partial charge is 0.351 e. The summed E-state index contributed by atoms with van der Waals surface area (Å²) in [6.45, 7) is 1.29. The maximum atomic E-state index is 14.3. The summed E-state index contributed by atoms with van der Waals surface area (Å²) in [5.41, 5.74) is -1.09. The topological polar surface area (TPSA) is 114 Å². The Balaban J connectivity index is 1.62. The first-order valence-corrected chi connectivity index (χ1v) is 13.9. The highest BCUT2D eigenvalue weighted by Crippen LogP contribution is 2.41. The van der Waals surface area contributed by atoms with Gasteiger partial charge in [0.05, 0.1) is 6.61 Å². The van der Waals surface area contributed by atoms with Crippen molar-refractivity contribution in [2.24, 2.45) is 0 Å². The number of aliphatic hydroxyl groups is 2. The zero-order valence-electron chi connectivity index (χ0n) is 23.4. The van der Waals surface area contributed by atoms with Crippen LogP contribution in [0.2, 0.25) is 0 Å². The van der Waals surface area contributed by atoms with Gasteiger partial charge in [-0.05, 0) is 51.0 Å². The number of nitrogens with zero attached hydrogens (tertiary/aromatic N) is 2. The minimum Gasteiger partial charge on any atom is -0.394 e. The lowest BCUT2D eigenvalue weighted by molar-refractivity contribution is -0.141. The normalized spacial score (nSPS) is 21.1. The molecule has 41 heavy (non-hydrogen) atoms. The molecule has 2 rings (SSSR count). The van der Waals surface area contributed by atoms with Gasteiger partial charge >= 0.3 is 11.6 Å². The summed E-state index contributed by atoms with van der Waals surface area (Å²) in [6, 6.07) is 1.19. The van der Waals surface area contributed by atoms with Gasteiger partial charge in [0, 0.05) is 12.6 Å². The number of carbonyl (C=O) groups is 1. The molecule has 1 saturated heterocycles. The summed E-state index contributed by atoms with van der Waals surface area (Å²) < 4.78 is 34.0. The number of hydrogen-bond donors (Lipinski definition) is 3. The maximum absolute atomic E-state index is 14.3. The number of ether oxygens (including phenoxy) is 1. The Labute approximate surface area is 240 Å². The van der Waals surface area contributed by atoms with E-state index in [1.807, 2.05) is 18.2 Å². The molecule has 8 nitrogen and oxygen atoms in total. The summed E-state index contributed by atoms with van der Waals surface area (Å²) in [5, 5.41) is 21.2. The van der Waals surface area contributed by atoms with Crippen LogP contribution in [0.25, 0.3) is 0 Å². The fourth-order valence-electron chi connectivity index (χ4n) is 3.84. The van der Waals surface area contributed by atoms with Crippen LogP contribution in [0.1, 0.15) is 64.5 Å². The molecule has 10 heteroatoms. The van der Waals surface area contributed by atoms with Crippen molar-refractivity contribution in [2.45, 2.75) is 82.6 Å². The standard InChI is InChI=1S/C31H41F2N3O5/c1-2-3-4-5-6-7-8-9-10-11-12-13-14-15-16-17-18-19-20-21-27(38)34-26-22-23-36(30(40)35-26)29-31(32,33)28(39)25(24-37)41-29/h3-4,6-7,9-10,12-13,15-16,18-19,22-23,25,28-29,37,39H,2,5,8,11,14,17,20-21,24H2,1H3,(H,34,35,38,40)/b4-3-,7-6-,10-9-,13-12-,16-15-,19-18-. The van der Waals surface area contributed by atoms with Crippen molar-refractivity contribution in [3.63, 3.8) is 0 Å². The Hall–Kier alpha value is -3.47. The van der Waals surface area contributed by atoms with Crippen LogP contribution >= 0.6 is 0 Å². The van der Waals surface area contributed by atoms with Crippen molar-refractivity contribution in [1.82, 2.24) is 9.55 Å². The third-order valence-corrected chi connectivity index (χ3v) is 6.04. The van der Waals surface area contributed by atoms with Crippen molar-refractivity contribution in [1.29, 1.82) is 0 Å². The number of alkyl halides is 2. The van der Waals surface area contributed by atoms with Crippen LogP contribution in [0.15, 0.2) is 90.0 Å². The second-order valence-electron chi connectivity index (χ2n) is 9.33. The number of aromatic nitrogens is 2. The second-order valence-corrected chi connectivity index (χ2v) is 9.33. The number of hydrogen-bond acceptors (Lipinski definition) is 6. The van der Waals surface area contributed by atoms with Crippen LogP contribution in [0.4, 0.5) is 14.6 Å². The first-order valence-electron chi connectivity index (χ1n) is 13.9. The van der Waals surface area contributed by atoms with Crippen LogP contribution < -0.4 is 11.0 Å². The van der Waals surface area contributed by atoms with Gasteiger partial charge in [-0.3, -0.25) is 9.36 Å². The summed E-state index contributed by atoms with van der Waals surface area (Å²) in [7, 11) is 0. The van der Waals surface area contributed by atoms with Crippen LogP contribution in [0, 0.1) is 0 Å². The van der Waals surface area contributed by atoms with Crippen molar-refractivity contribution < 1.29 is 28.5 Å². The molecule has 0 radical (unpaired) electrons. The van der Waals surface area contributed by atoms with Crippen LogP contribution in [0.5, 0.6) is 0 Å². The Bertz CT molecular complexity index is 1170. The van der Waals surface area contributed by atoms with Crippen LogP contribution in [0.3, 0.4) is 0 Å². The molecule has 1 fully saturated rings. The van der Waals surface area contributed by atoms with Gasteiger partial charge in [0.25, 0.3) is 0 Å². The number of anilines is 1. The largest absolute Gasteiger partial charge is 0.394 e. The van der Waals surface area contributed by atoms with Gasteiger partial charge in [-0.25, -0.2) is 4.79 Å². The van der Waals surface area contributed by atoms with E-state index in [4.69, 9.17) is 9.84 Å². The number of amides is 1. The van der Waals surface area contributed by atoms with Crippen molar-refractivity contribution >= 4 is 11.7 Å². The SMILES string of the molecule is CC/C=C\C/C=C\C/C=C\C/C=C\C/C=C\C/C=C\CCC(=O)Nc1ccn(C2OC(CO)C(O)C2(F)F)c(=O)n1. The predicted molar refractivity (Wildman–Crippen MR) is 157 cm³/mol. The van der Waals surface area contributed by atoms with E-state index in [9.17, 15) is 23.5 Å². The first kappa shape index (κ1) is 33.7. The maximum Gasteiger partial charge on any atom is 0.351 e. The third-order valence-electron chi connectivity index (χ3n) is 6.04. The Morgan fingerprint density at radius 3 is 1.95 bits per heavy atom. The fraction of sp³-hybridized carbons (Fsp3) is 0.452. The molecule has 0 aromatic carbocycles. The van der Waals surface area contributed by atoms with Gasteiger partial charge in [0.2, 0.25) is 12.1 Å². The number of nitrogens with one attached hydrogen (secondary N) is 1. The van der Waals surface area contributed by atoms with Gasteiger partial charge in [-0.1, -0.05) is 79.8 Å². The zero-order valence-corrected chi connectivity index (χ0v) is 23.4. The highest BCUT2D eigenvalue weighted by Gasteiger charge is 2.59. The fourth-order valence-corrected chi connectivity index (χ4v) is 3.84. The molecule has 1 aromatic heterocycles. The highest BCUT2D eigenvalue weighted by atomic mass is 19.3. The van der Waals surface area contributed by atoms with E-state index in [-0.39, 0.29) is 18.1 Å². The molecule has 1 aliphatic rings. The summed E-state index contributed by atoms with van der Waals surface area (Å²) in [4.78, 5) is 28.0. The lowest BCUT2D eigenvalue weighted by atomic mass is 10.1. The highest BCUT2D eigenvalue weighted by molar-refractivity contribution is 5.89. The lowest BCUT2D eigenvalue weighted by Gasteiger charge is -2.21. The van der Waals surface area contributed by atoms with E-state index in [0.29, 0.717) is 11.0 Å². The van der Waals surface area contributed by atoms with Crippen LogP contribution in [-0.2, 0) is 9.53 Å². The van der Waals surface area contributed by atoms with E-state index < -0.39 is 36.7 Å². The summed E-state index contributed by atoms with van der Waals surface area (Å²) >= 11 is 0. The molecule has 1 amide bonds. The molecule has 3 atom stereocenters. The molecule has 224 valence electrons. The minimum absolute atomic E-state index is 0.0837. The third kappa shape index (κ3) is 11.9. The number of aliphatic hydroxyl groups excluding tert-OH is 2. The number of allylic oxidation sites excluding steroid dienone is 12. The van der Waals surface area contributed by atoms with E-state index >= 15 is 0 Å². The molecule has 2 heterocycles. The first-order chi connectivity index (χ1) is 19.8. The van der Waals surface area contributed by atoms with Crippen LogP contribution in [-0.4, -0.2) is 50.4 Å². The second kappa shape index (κ2) is 18.8. The van der Waals surface area contributed by atoms with Crippen molar-refractivity contribution in [3.8, 4) is 0 Å². The minimum atomic E-state index is -3.80. The Kier molecular flexibility index (Phi) is 15.5. The van der Waals surface area contributed by atoms with Gasteiger partial charge in [-0.15, -0.1) is 0 Å². The number of carbonyl (C=O) groups excluding carboxylic acids is 1. The van der Waals surface area contributed by atoms with Crippen molar-refractivity contribution in [2.75, 3.05) is 11.9 Å². The number of rotatable bonds is 17. The molecule has 1 aliphatic heterocycles. The quantitative estimate of drug-likeness (QED) is 0.211. The Morgan fingerprint density at radius 2 is 1.49 bits per heavy atom. The molecule has 0 saturated carbocycles. The molecular weight excluding hydrogens is 532 g/mol. The average molecular weight is 574 g/mol. The molecular formula is C31H41F2N3O5. The van der Waals surface area contributed by atoms with E-state index in [0.717, 1.165) is 44.7 Å². The molecule has 1 aromatic rings. The van der Waals surface area contributed by atoms with E-state index in [1.54, 1.807) is 0 Å². The predicted octanol–water partition coefficient (Wildman–Crippen LogP) is 5.55. The van der Waals surface area contributed by atoms with Crippen molar-refractivity contribution in [3.05, 3.63) is 95.7 Å². The lowest BCUT2D eigenvalue weighted by Crippen LogP contribution is -2.41. The summed E-state index contributed by atoms with van der Waals surface area (Å²) in [5.74, 6) is -4.27. The van der Waals surface area contributed by atoms with Gasteiger partial charge in [0.1, 0.15) is 11.9 Å². The average Bonchev–Trinajstić information content (AvgIpc) is 3.17.